The quantitative estimate of drug-likeness (QED) is 0.902. The molecule has 0 amide bonds. The molecule has 0 unspecified atom stereocenters. The van der Waals surface area contributed by atoms with Crippen LogP contribution in [0.25, 0.3) is 0 Å². The van der Waals surface area contributed by atoms with E-state index in [0.29, 0.717) is 13.2 Å². The van der Waals surface area contributed by atoms with E-state index in [1.165, 1.54) is 5.56 Å². The Hall–Kier alpha value is -1.32. The molecule has 0 saturated carbocycles. The summed E-state index contributed by atoms with van der Waals surface area (Å²) in [6, 6.07) is 14.3. The van der Waals surface area contributed by atoms with Crippen molar-refractivity contribution in [3.8, 4) is 5.75 Å². The minimum absolute atomic E-state index is 0.554. The van der Waals surface area contributed by atoms with Crippen LogP contribution in [0.2, 0.25) is 0 Å². The first-order valence-electron chi connectivity index (χ1n) is 6.42. The van der Waals surface area contributed by atoms with E-state index in [2.05, 4.69) is 41.1 Å². The SMILES string of the molecule is CCc1cccc(OCc2ccc(CN)cc2Br)c1. The maximum atomic E-state index is 5.83. The Labute approximate surface area is 122 Å². The molecule has 0 aromatic heterocycles. The molecule has 2 aromatic carbocycles. The third-order valence-electron chi connectivity index (χ3n) is 3.05. The van der Waals surface area contributed by atoms with Crippen LogP contribution in [0.3, 0.4) is 0 Å². The smallest absolute Gasteiger partial charge is 0.120 e. The van der Waals surface area contributed by atoms with Crippen molar-refractivity contribution in [1.82, 2.24) is 0 Å². The van der Waals surface area contributed by atoms with Gasteiger partial charge in [0.05, 0.1) is 0 Å². The van der Waals surface area contributed by atoms with Gasteiger partial charge in [0.2, 0.25) is 0 Å². The Morgan fingerprint density at radius 1 is 1.11 bits per heavy atom. The van der Waals surface area contributed by atoms with E-state index in [9.17, 15) is 0 Å². The van der Waals surface area contributed by atoms with Crippen molar-refractivity contribution in [2.24, 2.45) is 5.73 Å². The van der Waals surface area contributed by atoms with E-state index in [1.54, 1.807) is 0 Å². The van der Waals surface area contributed by atoms with Gasteiger partial charge in [0, 0.05) is 16.6 Å². The lowest BCUT2D eigenvalue weighted by Gasteiger charge is -2.10. The summed E-state index contributed by atoms with van der Waals surface area (Å²) in [6.07, 6.45) is 1.02. The molecule has 0 spiro atoms. The zero-order chi connectivity index (χ0) is 13.7. The molecule has 100 valence electrons. The van der Waals surface area contributed by atoms with Crippen molar-refractivity contribution in [2.45, 2.75) is 26.5 Å². The fourth-order valence-electron chi connectivity index (χ4n) is 1.85. The monoisotopic (exact) mass is 319 g/mol. The molecule has 19 heavy (non-hydrogen) atoms. The summed E-state index contributed by atoms with van der Waals surface area (Å²) in [4.78, 5) is 0. The highest BCUT2D eigenvalue weighted by Gasteiger charge is 2.03. The van der Waals surface area contributed by atoms with Crippen LogP contribution in [-0.4, -0.2) is 0 Å². The Kier molecular flexibility index (Phi) is 5.00. The predicted molar refractivity (Wildman–Crippen MR) is 82.2 cm³/mol. The van der Waals surface area contributed by atoms with E-state index in [1.807, 2.05) is 24.3 Å². The van der Waals surface area contributed by atoms with Crippen molar-refractivity contribution in [1.29, 1.82) is 0 Å². The molecule has 2 aromatic rings. The predicted octanol–water partition coefficient (Wildman–Crippen LogP) is 4.05. The lowest BCUT2D eigenvalue weighted by Crippen LogP contribution is -2.00. The number of ether oxygens (including phenoxy) is 1. The maximum Gasteiger partial charge on any atom is 0.120 e. The second kappa shape index (κ2) is 6.73. The first kappa shape index (κ1) is 14.1. The number of nitrogens with two attached hydrogens (primary N) is 1. The topological polar surface area (TPSA) is 35.2 Å². The van der Waals surface area contributed by atoms with Gasteiger partial charge < -0.3 is 10.5 Å². The molecule has 0 aliphatic rings. The molecule has 2 rings (SSSR count). The van der Waals surface area contributed by atoms with Gasteiger partial charge in [-0.3, -0.25) is 0 Å². The third-order valence-corrected chi connectivity index (χ3v) is 3.79. The number of benzene rings is 2. The second-order valence-electron chi connectivity index (χ2n) is 4.42. The number of halogens is 1. The van der Waals surface area contributed by atoms with Crippen LogP contribution in [0.5, 0.6) is 5.75 Å². The average Bonchev–Trinajstić information content (AvgIpc) is 2.46. The molecule has 0 atom stereocenters. The summed E-state index contributed by atoms with van der Waals surface area (Å²) < 4.78 is 6.87. The van der Waals surface area contributed by atoms with Crippen LogP contribution in [0.4, 0.5) is 0 Å². The lowest BCUT2D eigenvalue weighted by atomic mass is 10.1. The summed E-state index contributed by atoms with van der Waals surface area (Å²) in [6.45, 7) is 3.25. The summed E-state index contributed by atoms with van der Waals surface area (Å²) >= 11 is 3.55. The lowest BCUT2D eigenvalue weighted by molar-refractivity contribution is 0.305. The van der Waals surface area contributed by atoms with Gasteiger partial charge in [-0.25, -0.2) is 0 Å². The van der Waals surface area contributed by atoms with E-state index in [4.69, 9.17) is 10.5 Å². The number of rotatable bonds is 5. The van der Waals surface area contributed by atoms with Crippen molar-refractivity contribution < 1.29 is 4.74 Å². The van der Waals surface area contributed by atoms with Crippen LogP contribution in [0.1, 0.15) is 23.6 Å². The highest BCUT2D eigenvalue weighted by Crippen LogP contribution is 2.21. The van der Waals surface area contributed by atoms with E-state index < -0.39 is 0 Å². The third kappa shape index (κ3) is 3.82. The largest absolute Gasteiger partial charge is 0.489 e. The summed E-state index contributed by atoms with van der Waals surface area (Å²) in [7, 11) is 0. The van der Waals surface area contributed by atoms with Gasteiger partial charge in [-0.15, -0.1) is 0 Å². The average molecular weight is 320 g/mol. The van der Waals surface area contributed by atoms with Crippen LogP contribution in [-0.2, 0) is 19.6 Å². The highest BCUT2D eigenvalue weighted by molar-refractivity contribution is 9.10. The van der Waals surface area contributed by atoms with E-state index in [0.717, 1.165) is 27.8 Å². The van der Waals surface area contributed by atoms with Gasteiger partial charge in [0.25, 0.3) is 0 Å². The van der Waals surface area contributed by atoms with Crippen molar-refractivity contribution in [3.63, 3.8) is 0 Å². The van der Waals surface area contributed by atoms with Crippen LogP contribution in [0, 0.1) is 0 Å². The summed E-state index contributed by atoms with van der Waals surface area (Å²) in [5.74, 6) is 0.911. The molecule has 0 fully saturated rings. The minimum atomic E-state index is 0.554. The molecule has 0 radical (unpaired) electrons. The number of aryl methyl sites for hydroxylation is 1. The van der Waals surface area contributed by atoms with Crippen molar-refractivity contribution in [3.05, 3.63) is 63.6 Å². The number of hydrogen-bond donors (Lipinski definition) is 1. The van der Waals surface area contributed by atoms with Crippen LogP contribution >= 0.6 is 15.9 Å². The first-order chi connectivity index (χ1) is 9.22. The zero-order valence-electron chi connectivity index (χ0n) is 11.0. The Morgan fingerprint density at radius 3 is 2.63 bits per heavy atom. The fourth-order valence-corrected chi connectivity index (χ4v) is 2.39. The molecule has 3 heteroatoms. The minimum Gasteiger partial charge on any atom is -0.489 e. The van der Waals surface area contributed by atoms with Gasteiger partial charge in [-0.2, -0.15) is 0 Å². The molecular weight excluding hydrogens is 302 g/mol. The van der Waals surface area contributed by atoms with Gasteiger partial charge in [-0.05, 0) is 35.7 Å². The van der Waals surface area contributed by atoms with Gasteiger partial charge in [0.1, 0.15) is 12.4 Å². The summed E-state index contributed by atoms with van der Waals surface area (Å²) in [5.41, 5.74) is 9.14. The standard InChI is InChI=1S/C16H18BrNO/c1-2-12-4-3-5-15(8-12)19-11-14-7-6-13(10-18)9-16(14)17/h3-9H,2,10-11,18H2,1H3. The van der Waals surface area contributed by atoms with Gasteiger partial charge in [0.15, 0.2) is 0 Å². The number of hydrogen-bond acceptors (Lipinski definition) is 2. The Morgan fingerprint density at radius 2 is 1.95 bits per heavy atom. The fraction of sp³-hybridized carbons (Fsp3) is 0.250. The van der Waals surface area contributed by atoms with Gasteiger partial charge in [-0.1, -0.05) is 47.1 Å². The van der Waals surface area contributed by atoms with Crippen molar-refractivity contribution in [2.75, 3.05) is 0 Å². The molecule has 0 saturated heterocycles. The van der Waals surface area contributed by atoms with Crippen LogP contribution < -0.4 is 10.5 Å². The Balaban J connectivity index is 2.05. The zero-order valence-corrected chi connectivity index (χ0v) is 12.6. The van der Waals surface area contributed by atoms with Crippen LogP contribution in [0.15, 0.2) is 46.9 Å². The highest BCUT2D eigenvalue weighted by atomic mass is 79.9. The molecule has 0 aliphatic carbocycles. The Bertz CT molecular complexity index is 554. The molecular formula is C16H18BrNO. The second-order valence-corrected chi connectivity index (χ2v) is 5.27. The maximum absolute atomic E-state index is 5.83. The van der Waals surface area contributed by atoms with Crippen molar-refractivity contribution >= 4 is 15.9 Å². The molecule has 0 aliphatic heterocycles. The first-order valence-corrected chi connectivity index (χ1v) is 7.21. The van der Waals surface area contributed by atoms with E-state index in [-0.39, 0.29) is 0 Å². The molecule has 0 heterocycles. The van der Waals surface area contributed by atoms with E-state index >= 15 is 0 Å². The normalized spacial score (nSPS) is 10.5. The van der Waals surface area contributed by atoms with Gasteiger partial charge >= 0.3 is 0 Å². The summed E-state index contributed by atoms with van der Waals surface area (Å²) in [5, 5.41) is 0. The molecule has 2 nitrogen and oxygen atoms in total. The molecule has 0 bridgehead atoms. The molecule has 2 N–H and O–H groups in total.